The highest BCUT2D eigenvalue weighted by molar-refractivity contribution is 7.99. The molecule has 0 unspecified atom stereocenters. The molecule has 0 aliphatic carbocycles. The fraction of sp³-hybridized carbons (Fsp3) is 0.0870. The number of halogens is 1. The Morgan fingerprint density at radius 1 is 0.967 bits per heavy atom. The average molecular weight is 435 g/mol. The molecule has 0 aliphatic heterocycles. The van der Waals surface area contributed by atoms with Gasteiger partial charge in [-0.15, -0.1) is 5.10 Å². The lowest BCUT2D eigenvalue weighted by molar-refractivity contribution is -0.118. The Labute approximate surface area is 184 Å². The number of nitrogens with one attached hydrogen (secondary N) is 1. The maximum Gasteiger partial charge on any atom is 0.230 e. The van der Waals surface area contributed by atoms with E-state index in [9.17, 15) is 4.79 Å². The van der Waals surface area contributed by atoms with Gasteiger partial charge in [-0.25, -0.2) is 9.67 Å². The standard InChI is InChI=1S/C23H19ClN4OS/c24-19-11-7-8-17(14-19)15-25-21(29)16-30-23-26-22(18-9-3-1-4-10-18)28(27-23)20-12-5-2-6-13-20/h1-14H,15-16H2,(H,25,29). The predicted molar refractivity (Wildman–Crippen MR) is 121 cm³/mol. The van der Waals surface area contributed by atoms with Gasteiger partial charge in [-0.2, -0.15) is 0 Å². The molecule has 1 N–H and O–H groups in total. The first-order valence-corrected chi connectivity index (χ1v) is 10.8. The summed E-state index contributed by atoms with van der Waals surface area (Å²) >= 11 is 7.29. The van der Waals surface area contributed by atoms with Crippen molar-refractivity contribution in [1.29, 1.82) is 0 Å². The monoisotopic (exact) mass is 434 g/mol. The molecular weight excluding hydrogens is 416 g/mol. The first-order chi connectivity index (χ1) is 14.7. The number of para-hydroxylation sites is 1. The van der Waals surface area contributed by atoms with E-state index >= 15 is 0 Å². The van der Waals surface area contributed by atoms with E-state index < -0.39 is 0 Å². The van der Waals surface area contributed by atoms with Crippen LogP contribution in [0.1, 0.15) is 5.56 Å². The molecular formula is C23H19ClN4OS. The number of benzene rings is 3. The summed E-state index contributed by atoms with van der Waals surface area (Å²) in [6.45, 7) is 0.432. The minimum atomic E-state index is -0.0858. The summed E-state index contributed by atoms with van der Waals surface area (Å²) in [6, 6.07) is 27.2. The second kappa shape index (κ2) is 9.61. The highest BCUT2D eigenvalue weighted by atomic mass is 35.5. The summed E-state index contributed by atoms with van der Waals surface area (Å²) in [5, 5.41) is 8.73. The van der Waals surface area contributed by atoms with Gasteiger partial charge < -0.3 is 5.32 Å². The molecule has 5 nitrogen and oxygen atoms in total. The van der Waals surface area contributed by atoms with Crippen LogP contribution in [-0.2, 0) is 11.3 Å². The molecule has 7 heteroatoms. The predicted octanol–water partition coefficient (Wildman–Crippen LogP) is 5.00. The zero-order valence-electron chi connectivity index (χ0n) is 16.0. The van der Waals surface area contributed by atoms with Crippen molar-refractivity contribution in [2.24, 2.45) is 0 Å². The summed E-state index contributed by atoms with van der Waals surface area (Å²) < 4.78 is 1.81. The zero-order chi connectivity index (χ0) is 20.8. The number of amides is 1. The van der Waals surface area contributed by atoms with Crippen LogP contribution in [-0.4, -0.2) is 26.4 Å². The van der Waals surface area contributed by atoms with Gasteiger partial charge >= 0.3 is 0 Å². The van der Waals surface area contributed by atoms with E-state index in [2.05, 4.69) is 15.4 Å². The Kier molecular flexibility index (Phi) is 6.47. The molecule has 1 heterocycles. The number of aromatic nitrogens is 3. The molecule has 4 rings (SSSR count). The summed E-state index contributed by atoms with van der Waals surface area (Å²) in [5.74, 6) is 0.883. The van der Waals surface area contributed by atoms with E-state index in [0.717, 1.165) is 22.6 Å². The first kappa shape index (κ1) is 20.2. The Hall–Kier alpha value is -3.09. The Morgan fingerprint density at radius 2 is 1.70 bits per heavy atom. The molecule has 1 aromatic heterocycles. The molecule has 0 aliphatic rings. The maximum absolute atomic E-state index is 12.3. The molecule has 0 spiro atoms. The number of thioether (sulfide) groups is 1. The van der Waals surface area contributed by atoms with E-state index in [1.54, 1.807) is 0 Å². The number of nitrogens with zero attached hydrogens (tertiary/aromatic N) is 3. The van der Waals surface area contributed by atoms with Crippen LogP contribution in [0.5, 0.6) is 0 Å². The molecule has 30 heavy (non-hydrogen) atoms. The highest BCUT2D eigenvalue weighted by Crippen LogP contribution is 2.24. The van der Waals surface area contributed by atoms with Gasteiger partial charge in [0.1, 0.15) is 0 Å². The van der Waals surface area contributed by atoms with Crippen LogP contribution in [0.3, 0.4) is 0 Å². The molecule has 1 amide bonds. The molecule has 3 aromatic carbocycles. The van der Waals surface area contributed by atoms with Gasteiger partial charge in [-0.05, 0) is 29.8 Å². The van der Waals surface area contributed by atoms with Crippen molar-refractivity contribution < 1.29 is 4.79 Å². The van der Waals surface area contributed by atoms with E-state index in [4.69, 9.17) is 11.6 Å². The Bertz CT molecular complexity index is 1080. The minimum Gasteiger partial charge on any atom is -0.351 e. The van der Waals surface area contributed by atoms with Gasteiger partial charge in [0, 0.05) is 17.1 Å². The smallest absolute Gasteiger partial charge is 0.230 e. The van der Waals surface area contributed by atoms with Gasteiger partial charge in [0.2, 0.25) is 11.1 Å². The fourth-order valence-electron chi connectivity index (χ4n) is 2.91. The lowest BCUT2D eigenvalue weighted by Gasteiger charge is -2.05. The van der Waals surface area contributed by atoms with Crippen LogP contribution in [0.4, 0.5) is 0 Å². The fourth-order valence-corrected chi connectivity index (χ4v) is 3.77. The van der Waals surface area contributed by atoms with E-state index in [-0.39, 0.29) is 11.7 Å². The molecule has 0 saturated heterocycles. The summed E-state index contributed by atoms with van der Waals surface area (Å²) in [5.41, 5.74) is 2.84. The minimum absolute atomic E-state index is 0.0858. The van der Waals surface area contributed by atoms with E-state index in [1.807, 2.05) is 89.6 Å². The third-order valence-corrected chi connectivity index (χ3v) is 5.40. The lowest BCUT2D eigenvalue weighted by Crippen LogP contribution is -2.24. The molecule has 150 valence electrons. The van der Waals surface area contributed by atoms with Gasteiger partial charge in [-0.3, -0.25) is 4.79 Å². The van der Waals surface area contributed by atoms with Crippen LogP contribution in [0.15, 0.2) is 90.1 Å². The lowest BCUT2D eigenvalue weighted by atomic mass is 10.2. The quantitative estimate of drug-likeness (QED) is 0.416. The summed E-state index contributed by atoms with van der Waals surface area (Å²) in [4.78, 5) is 17.0. The van der Waals surface area contributed by atoms with Crippen molar-refractivity contribution in [3.05, 3.63) is 95.5 Å². The second-order valence-corrected chi connectivity index (χ2v) is 7.91. The van der Waals surface area contributed by atoms with Crippen molar-refractivity contribution in [2.75, 3.05) is 5.75 Å². The van der Waals surface area contributed by atoms with Crippen molar-refractivity contribution in [3.63, 3.8) is 0 Å². The van der Waals surface area contributed by atoms with Gasteiger partial charge in [0.15, 0.2) is 5.82 Å². The average Bonchev–Trinajstić information content (AvgIpc) is 3.22. The SMILES string of the molecule is O=C(CSc1nc(-c2ccccc2)n(-c2ccccc2)n1)NCc1cccc(Cl)c1. The third kappa shape index (κ3) is 5.09. The van der Waals surface area contributed by atoms with E-state index in [0.29, 0.717) is 16.7 Å². The van der Waals surface area contributed by atoms with Crippen LogP contribution in [0, 0.1) is 0 Å². The number of hydrogen-bond donors (Lipinski definition) is 1. The first-order valence-electron chi connectivity index (χ1n) is 9.41. The largest absolute Gasteiger partial charge is 0.351 e. The molecule has 0 bridgehead atoms. The molecule has 0 atom stereocenters. The van der Waals surface area contributed by atoms with Crippen LogP contribution >= 0.6 is 23.4 Å². The maximum atomic E-state index is 12.3. The van der Waals surface area contributed by atoms with Gasteiger partial charge in [-0.1, -0.05) is 84.0 Å². The second-order valence-electron chi connectivity index (χ2n) is 6.53. The molecule has 0 fully saturated rings. The molecule has 4 aromatic rings. The topological polar surface area (TPSA) is 59.8 Å². The zero-order valence-corrected chi connectivity index (χ0v) is 17.6. The van der Waals surface area contributed by atoms with Gasteiger partial charge in [0.05, 0.1) is 11.4 Å². The van der Waals surface area contributed by atoms with Crippen LogP contribution in [0.2, 0.25) is 5.02 Å². The Morgan fingerprint density at radius 3 is 2.43 bits per heavy atom. The van der Waals surface area contributed by atoms with Crippen molar-refractivity contribution in [2.45, 2.75) is 11.7 Å². The van der Waals surface area contributed by atoms with Gasteiger partial charge in [0.25, 0.3) is 0 Å². The normalized spacial score (nSPS) is 10.7. The van der Waals surface area contributed by atoms with Crippen LogP contribution in [0.25, 0.3) is 17.1 Å². The summed E-state index contributed by atoms with van der Waals surface area (Å²) in [6.07, 6.45) is 0. The van der Waals surface area contributed by atoms with Crippen molar-refractivity contribution >= 4 is 29.3 Å². The molecule has 0 radical (unpaired) electrons. The highest BCUT2D eigenvalue weighted by Gasteiger charge is 2.15. The van der Waals surface area contributed by atoms with Crippen molar-refractivity contribution in [1.82, 2.24) is 20.1 Å². The van der Waals surface area contributed by atoms with E-state index in [1.165, 1.54) is 11.8 Å². The number of carbonyl (C=O) groups is 1. The molecule has 0 saturated carbocycles. The number of hydrogen-bond acceptors (Lipinski definition) is 4. The number of rotatable bonds is 7. The van der Waals surface area contributed by atoms with Crippen molar-refractivity contribution in [3.8, 4) is 17.1 Å². The summed E-state index contributed by atoms with van der Waals surface area (Å²) in [7, 11) is 0. The third-order valence-electron chi connectivity index (χ3n) is 4.33. The van der Waals surface area contributed by atoms with Crippen LogP contribution < -0.4 is 5.32 Å². The number of carbonyl (C=O) groups excluding carboxylic acids is 1. The Balaban J connectivity index is 1.46.